The lowest BCUT2D eigenvalue weighted by Gasteiger charge is -2.36. The van der Waals surface area contributed by atoms with Gasteiger partial charge in [0.25, 0.3) is 0 Å². The molecule has 0 aliphatic carbocycles. The van der Waals surface area contributed by atoms with Gasteiger partial charge in [0.15, 0.2) is 0 Å². The summed E-state index contributed by atoms with van der Waals surface area (Å²) in [6.07, 6.45) is 1.06. The Morgan fingerprint density at radius 1 is 1.04 bits per heavy atom. The van der Waals surface area contributed by atoms with Crippen LogP contribution in [0.25, 0.3) is 0 Å². The van der Waals surface area contributed by atoms with Crippen molar-refractivity contribution < 1.29 is 14.6 Å². The van der Waals surface area contributed by atoms with E-state index in [1.165, 1.54) is 0 Å². The first-order valence-corrected chi connectivity index (χ1v) is 9.08. The van der Waals surface area contributed by atoms with Crippen molar-refractivity contribution in [3.8, 4) is 11.5 Å². The van der Waals surface area contributed by atoms with Crippen LogP contribution in [-0.2, 0) is 16.6 Å². The Kier molecular flexibility index (Phi) is 6.86. The van der Waals surface area contributed by atoms with Crippen molar-refractivity contribution in [2.75, 3.05) is 41.8 Å². The minimum Gasteiger partial charge on any atom is -0.508 e. The molecule has 0 aliphatic rings. The van der Waals surface area contributed by atoms with Crippen molar-refractivity contribution in [1.82, 2.24) is 9.80 Å². The van der Waals surface area contributed by atoms with Gasteiger partial charge in [-0.2, -0.15) is 0 Å². The average molecular weight is 370 g/mol. The molecule has 0 bridgehead atoms. The lowest BCUT2D eigenvalue weighted by atomic mass is 9.71. The molecule has 5 heteroatoms. The highest BCUT2D eigenvalue weighted by atomic mass is 16.5. The highest BCUT2D eigenvalue weighted by Crippen LogP contribution is 2.37. The molecule has 5 nitrogen and oxygen atoms in total. The number of aromatic hydroxyl groups is 1. The van der Waals surface area contributed by atoms with Gasteiger partial charge in [0.2, 0.25) is 5.91 Å². The number of carbonyl (C=O) groups excluding carboxylic acids is 1. The van der Waals surface area contributed by atoms with Crippen LogP contribution in [0.3, 0.4) is 0 Å². The summed E-state index contributed by atoms with van der Waals surface area (Å²) in [4.78, 5) is 17.2. The second-order valence-corrected chi connectivity index (χ2v) is 7.37. The number of ether oxygens (including phenoxy) is 1. The molecule has 1 atom stereocenters. The van der Waals surface area contributed by atoms with Gasteiger partial charge in [-0.25, -0.2) is 0 Å². The molecule has 0 fully saturated rings. The molecule has 0 heterocycles. The Morgan fingerprint density at radius 2 is 1.67 bits per heavy atom. The third kappa shape index (κ3) is 4.80. The highest BCUT2D eigenvalue weighted by Gasteiger charge is 2.41. The van der Waals surface area contributed by atoms with Gasteiger partial charge in [-0.05, 0) is 62.8 Å². The van der Waals surface area contributed by atoms with E-state index >= 15 is 0 Å². The molecule has 0 saturated heterocycles. The number of rotatable bonds is 8. The van der Waals surface area contributed by atoms with Crippen molar-refractivity contribution in [1.29, 1.82) is 0 Å². The van der Waals surface area contributed by atoms with E-state index in [0.29, 0.717) is 12.8 Å². The molecule has 1 unspecified atom stereocenters. The van der Waals surface area contributed by atoms with Crippen LogP contribution in [0, 0.1) is 0 Å². The van der Waals surface area contributed by atoms with Crippen LogP contribution in [0.15, 0.2) is 48.5 Å². The molecule has 0 radical (unpaired) electrons. The maximum Gasteiger partial charge on any atom is 0.233 e. The maximum absolute atomic E-state index is 13.4. The Labute approximate surface area is 162 Å². The van der Waals surface area contributed by atoms with Gasteiger partial charge in [0.05, 0.1) is 12.5 Å². The van der Waals surface area contributed by atoms with Gasteiger partial charge >= 0.3 is 0 Å². The summed E-state index contributed by atoms with van der Waals surface area (Å²) in [6, 6.07) is 14.9. The first kappa shape index (κ1) is 20.8. The molecule has 146 valence electrons. The van der Waals surface area contributed by atoms with E-state index < -0.39 is 5.41 Å². The van der Waals surface area contributed by atoms with Gasteiger partial charge < -0.3 is 19.6 Å². The standard InChI is InChI=1S/C22H30N2O3/c1-23(2)15-14-22(21(26)24(3)4,16-17-8-6-7-9-20(17)25)18-10-12-19(27-5)13-11-18/h6-13,25H,14-16H2,1-5H3. The first-order valence-electron chi connectivity index (χ1n) is 9.08. The molecular weight excluding hydrogens is 340 g/mol. The second kappa shape index (κ2) is 8.91. The zero-order chi connectivity index (χ0) is 20.0. The van der Waals surface area contributed by atoms with Crippen molar-refractivity contribution in [3.05, 3.63) is 59.7 Å². The van der Waals surface area contributed by atoms with Crippen LogP contribution in [0.5, 0.6) is 11.5 Å². The van der Waals surface area contributed by atoms with E-state index in [9.17, 15) is 9.90 Å². The van der Waals surface area contributed by atoms with Crippen LogP contribution in [-0.4, -0.2) is 62.7 Å². The highest BCUT2D eigenvalue weighted by molar-refractivity contribution is 5.88. The normalized spacial score (nSPS) is 13.3. The van der Waals surface area contributed by atoms with Gasteiger partial charge in [0.1, 0.15) is 11.5 Å². The SMILES string of the molecule is COc1ccc(C(CCN(C)C)(Cc2ccccc2O)C(=O)N(C)C)cc1. The van der Waals surface area contributed by atoms with E-state index in [1.54, 1.807) is 38.2 Å². The fourth-order valence-electron chi connectivity index (χ4n) is 3.38. The Hall–Kier alpha value is -2.53. The van der Waals surface area contributed by atoms with Crippen LogP contribution in [0.1, 0.15) is 17.5 Å². The second-order valence-electron chi connectivity index (χ2n) is 7.37. The summed E-state index contributed by atoms with van der Waals surface area (Å²) < 4.78 is 5.28. The number of benzene rings is 2. The number of phenols is 1. The summed E-state index contributed by atoms with van der Waals surface area (Å²) >= 11 is 0. The molecule has 2 aromatic carbocycles. The van der Waals surface area contributed by atoms with Crippen LogP contribution in [0.2, 0.25) is 0 Å². The fraction of sp³-hybridized carbons (Fsp3) is 0.409. The number of likely N-dealkylation sites (N-methyl/N-ethyl adjacent to an activating group) is 1. The minimum absolute atomic E-state index is 0.0257. The van der Waals surface area contributed by atoms with Crippen molar-refractivity contribution in [2.24, 2.45) is 0 Å². The largest absolute Gasteiger partial charge is 0.508 e. The lowest BCUT2D eigenvalue weighted by Crippen LogP contribution is -2.47. The molecule has 2 rings (SSSR count). The van der Waals surface area contributed by atoms with Gasteiger partial charge in [-0.15, -0.1) is 0 Å². The smallest absolute Gasteiger partial charge is 0.233 e. The summed E-state index contributed by atoms with van der Waals surface area (Å²) in [5.41, 5.74) is 0.910. The van der Waals surface area contributed by atoms with E-state index in [1.807, 2.05) is 50.5 Å². The number of methoxy groups -OCH3 is 1. The van der Waals surface area contributed by atoms with Gasteiger partial charge in [-0.3, -0.25) is 4.79 Å². The third-order valence-electron chi connectivity index (χ3n) is 4.93. The Bertz CT molecular complexity index is 756. The molecule has 2 aromatic rings. The van der Waals surface area contributed by atoms with Crippen LogP contribution in [0.4, 0.5) is 0 Å². The predicted molar refractivity (Wildman–Crippen MR) is 108 cm³/mol. The molecule has 0 spiro atoms. The molecular formula is C22H30N2O3. The van der Waals surface area contributed by atoms with E-state index in [2.05, 4.69) is 4.90 Å². The maximum atomic E-state index is 13.4. The van der Waals surface area contributed by atoms with E-state index in [4.69, 9.17) is 4.74 Å². The number of para-hydroxylation sites is 1. The van der Waals surface area contributed by atoms with Crippen LogP contribution < -0.4 is 4.74 Å². The summed E-state index contributed by atoms with van der Waals surface area (Å²) in [6.45, 7) is 0.749. The quantitative estimate of drug-likeness (QED) is 0.776. The molecule has 27 heavy (non-hydrogen) atoms. The summed E-state index contributed by atoms with van der Waals surface area (Å²) in [5, 5.41) is 10.3. The number of nitrogens with zero attached hydrogens (tertiary/aromatic N) is 2. The molecule has 1 N–H and O–H groups in total. The summed E-state index contributed by atoms with van der Waals surface area (Å²) in [7, 11) is 9.18. The fourth-order valence-corrected chi connectivity index (χ4v) is 3.38. The van der Waals surface area contributed by atoms with Crippen molar-refractivity contribution >= 4 is 5.91 Å². The van der Waals surface area contributed by atoms with E-state index in [-0.39, 0.29) is 11.7 Å². The van der Waals surface area contributed by atoms with Gasteiger partial charge in [-0.1, -0.05) is 30.3 Å². The first-order chi connectivity index (χ1) is 12.8. The minimum atomic E-state index is -0.779. The van der Waals surface area contributed by atoms with Crippen molar-refractivity contribution in [2.45, 2.75) is 18.3 Å². The molecule has 1 amide bonds. The van der Waals surface area contributed by atoms with Gasteiger partial charge in [0, 0.05) is 14.1 Å². The topological polar surface area (TPSA) is 53.0 Å². The Balaban J connectivity index is 2.59. The third-order valence-corrected chi connectivity index (χ3v) is 4.93. The zero-order valence-corrected chi connectivity index (χ0v) is 16.9. The monoisotopic (exact) mass is 370 g/mol. The van der Waals surface area contributed by atoms with Crippen molar-refractivity contribution in [3.63, 3.8) is 0 Å². The summed E-state index contributed by atoms with van der Waals surface area (Å²) in [5.74, 6) is 0.990. The number of hydrogen-bond donors (Lipinski definition) is 1. The molecule has 0 aromatic heterocycles. The molecule has 0 aliphatic heterocycles. The molecule has 0 saturated carbocycles. The number of hydrogen-bond acceptors (Lipinski definition) is 4. The number of phenolic OH excluding ortho intramolecular Hbond substituents is 1. The predicted octanol–water partition coefficient (Wildman–Crippen LogP) is 2.92. The Morgan fingerprint density at radius 3 is 2.19 bits per heavy atom. The lowest BCUT2D eigenvalue weighted by molar-refractivity contribution is -0.135. The van der Waals surface area contributed by atoms with E-state index in [0.717, 1.165) is 23.4 Å². The number of amides is 1. The average Bonchev–Trinajstić information content (AvgIpc) is 2.66. The number of carbonyl (C=O) groups is 1. The van der Waals surface area contributed by atoms with Crippen LogP contribution >= 0.6 is 0 Å². The zero-order valence-electron chi connectivity index (χ0n) is 16.9.